The Hall–Kier alpha value is -1.21. The van der Waals surface area contributed by atoms with E-state index < -0.39 is 26.6 Å². The summed E-state index contributed by atoms with van der Waals surface area (Å²) in [4.78, 5) is -0.732. The number of nitrogen functional groups attached to an aromatic ring is 1. The molecule has 0 aliphatic heterocycles. The first kappa shape index (κ1) is 14.2. The minimum absolute atomic E-state index is 0.126. The van der Waals surface area contributed by atoms with E-state index in [2.05, 4.69) is 4.72 Å². The van der Waals surface area contributed by atoms with Crippen molar-refractivity contribution in [2.45, 2.75) is 37.1 Å². The van der Waals surface area contributed by atoms with Crippen molar-refractivity contribution in [3.63, 3.8) is 0 Å². The van der Waals surface area contributed by atoms with Gasteiger partial charge in [0.25, 0.3) is 0 Å². The fourth-order valence-corrected chi connectivity index (χ4v) is 3.86. The molecule has 0 spiro atoms. The van der Waals surface area contributed by atoms with E-state index in [1.54, 1.807) is 0 Å². The van der Waals surface area contributed by atoms with Crippen molar-refractivity contribution in [1.82, 2.24) is 4.72 Å². The summed E-state index contributed by atoms with van der Waals surface area (Å²) in [5, 5.41) is 0. The third kappa shape index (κ3) is 2.87. The number of nitrogens with one attached hydrogen (secondary N) is 1. The second kappa shape index (κ2) is 5.05. The number of hydrogen-bond donors (Lipinski definition) is 2. The third-order valence-corrected chi connectivity index (χ3v) is 4.96. The largest absolute Gasteiger partial charge is 0.399 e. The average molecular weight is 290 g/mol. The summed E-state index contributed by atoms with van der Waals surface area (Å²) in [7, 11) is -4.10. The molecule has 0 aromatic heterocycles. The van der Waals surface area contributed by atoms with Gasteiger partial charge in [-0.2, -0.15) is 0 Å². The first-order valence-corrected chi connectivity index (χ1v) is 7.56. The van der Waals surface area contributed by atoms with Crippen LogP contribution in [-0.2, 0) is 10.0 Å². The van der Waals surface area contributed by atoms with Gasteiger partial charge in [-0.15, -0.1) is 0 Å². The van der Waals surface area contributed by atoms with Gasteiger partial charge in [0.2, 0.25) is 10.0 Å². The molecule has 106 valence electrons. The number of rotatable bonds is 3. The van der Waals surface area contributed by atoms with E-state index in [9.17, 15) is 17.2 Å². The maximum Gasteiger partial charge on any atom is 0.243 e. The molecule has 2 unspecified atom stereocenters. The van der Waals surface area contributed by atoms with Crippen LogP contribution in [0.2, 0.25) is 0 Å². The van der Waals surface area contributed by atoms with Crippen LogP contribution in [0.1, 0.15) is 26.2 Å². The van der Waals surface area contributed by atoms with Crippen LogP contribution in [0.5, 0.6) is 0 Å². The second-order valence-corrected chi connectivity index (χ2v) is 6.63. The highest BCUT2D eigenvalue weighted by Crippen LogP contribution is 2.27. The van der Waals surface area contributed by atoms with Gasteiger partial charge < -0.3 is 5.73 Å². The average Bonchev–Trinajstić information content (AvgIpc) is 2.69. The van der Waals surface area contributed by atoms with Gasteiger partial charge in [0.15, 0.2) is 11.6 Å². The van der Waals surface area contributed by atoms with Gasteiger partial charge in [-0.25, -0.2) is 21.9 Å². The smallest absolute Gasteiger partial charge is 0.243 e. The van der Waals surface area contributed by atoms with E-state index in [1.807, 2.05) is 6.92 Å². The van der Waals surface area contributed by atoms with Crippen LogP contribution in [-0.4, -0.2) is 14.5 Å². The summed E-state index contributed by atoms with van der Waals surface area (Å²) in [6.45, 7) is 1.93. The molecule has 1 fully saturated rings. The maximum absolute atomic E-state index is 13.6. The van der Waals surface area contributed by atoms with Crippen LogP contribution in [0, 0.1) is 17.6 Å². The highest BCUT2D eigenvalue weighted by atomic mass is 32.2. The molecular weight excluding hydrogens is 274 g/mol. The van der Waals surface area contributed by atoms with Crippen LogP contribution < -0.4 is 10.5 Å². The lowest BCUT2D eigenvalue weighted by Crippen LogP contribution is -2.36. The van der Waals surface area contributed by atoms with Crippen LogP contribution in [0.3, 0.4) is 0 Å². The Morgan fingerprint density at radius 1 is 1.32 bits per heavy atom. The van der Waals surface area contributed by atoms with Gasteiger partial charge >= 0.3 is 0 Å². The van der Waals surface area contributed by atoms with Gasteiger partial charge in [-0.3, -0.25) is 0 Å². The molecule has 1 saturated carbocycles. The predicted octanol–water partition coefficient (Wildman–Crippen LogP) is 2.01. The number of sulfonamides is 1. The Bertz CT molecular complexity index is 590. The maximum atomic E-state index is 13.6. The highest BCUT2D eigenvalue weighted by molar-refractivity contribution is 7.89. The highest BCUT2D eigenvalue weighted by Gasteiger charge is 2.30. The Labute approximate surface area is 111 Å². The summed E-state index contributed by atoms with van der Waals surface area (Å²) in [6, 6.07) is 1.45. The molecular formula is C12H16F2N2O2S. The fraction of sp³-hybridized carbons (Fsp3) is 0.500. The predicted molar refractivity (Wildman–Crippen MR) is 67.9 cm³/mol. The van der Waals surface area contributed by atoms with E-state index in [0.717, 1.165) is 25.0 Å². The Morgan fingerprint density at radius 2 is 2.00 bits per heavy atom. The third-order valence-electron chi connectivity index (χ3n) is 3.47. The van der Waals surface area contributed by atoms with Gasteiger partial charge in [-0.1, -0.05) is 13.3 Å². The van der Waals surface area contributed by atoms with Gasteiger partial charge in [0, 0.05) is 11.7 Å². The molecule has 0 amide bonds. The SMILES string of the molecule is CC1CCCC1NS(=O)(=O)c1cc(N)cc(F)c1F. The van der Waals surface area contributed by atoms with Crippen molar-refractivity contribution in [2.24, 2.45) is 5.92 Å². The normalized spacial score (nSPS) is 23.7. The van der Waals surface area contributed by atoms with E-state index >= 15 is 0 Å². The molecule has 2 atom stereocenters. The number of nitrogens with two attached hydrogens (primary N) is 1. The summed E-state index contributed by atoms with van der Waals surface area (Å²) in [5.41, 5.74) is 5.24. The van der Waals surface area contributed by atoms with Gasteiger partial charge in [0.05, 0.1) is 0 Å². The molecule has 7 heteroatoms. The van der Waals surface area contributed by atoms with E-state index in [4.69, 9.17) is 5.73 Å². The number of hydrogen-bond acceptors (Lipinski definition) is 3. The molecule has 1 aromatic rings. The van der Waals surface area contributed by atoms with E-state index in [0.29, 0.717) is 6.42 Å². The van der Waals surface area contributed by atoms with E-state index in [1.165, 1.54) is 0 Å². The van der Waals surface area contributed by atoms with Gasteiger partial charge in [0.1, 0.15) is 4.90 Å². The minimum atomic E-state index is -4.10. The van der Waals surface area contributed by atoms with Crippen molar-refractivity contribution in [3.8, 4) is 0 Å². The molecule has 0 bridgehead atoms. The zero-order valence-electron chi connectivity index (χ0n) is 10.5. The lowest BCUT2D eigenvalue weighted by atomic mass is 10.1. The van der Waals surface area contributed by atoms with E-state index in [-0.39, 0.29) is 17.6 Å². The monoisotopic (exact) mass is 290 g/mol. The molecule has 0 heterocycles. The first-order valence-electron chi connectivity index (χ1n) is 6.08. The molecule has 19 heavy (non-hydrogen) atoms. The number of anilines is 1. The summed E-state index contributed by atoms with van der Waals surface area (Å²) in [6.07, 6.45) is 2.54. The van der Waals surface area contributed by atoms with Crippen molar-refractivity contribution in [2.75, 3.05) is 5.73 Å². The van der Waals surface area contributed by atoms with Crippen LogP contribution in [0.25, 0.3) is 0 Å². The zero-order chi connectivity index (χ0) is 14.2. The fourth-order valence-electron chi connectivity index (χ4n) is 2.36. The molecule has 1 aliphatic rings. The molecule has 4 nitrogen and oxygen atoms in total. The van der Waals surface area contributed by atoms with Crippen LogP contribution >= 0.6 is 0 Å². The standard InChI is InChI=1S/C12H16F2N2O2S/c1-7-3-2-4-10(7)16-19(17,18)11-6-8(15)5-9(13)12(11)14/h5-7,10,16H,2-4,15H2,1H3. The second-order valence-electron chi connectivity index (χ2n) is 4.95. The lowest BCUT2D eigenvalue weighted by Gasteiger charge is -2.17. The van der Waals surface area contributed by atoms with Crippen molar-refractivity contribution < 1.29 is 17.2 Å². The molecule has 2 rings (SSSR count). The van der Waals surface area contributed by atoms with Crippen molar-refractivity contribution >= 4 is 15.7 Å². The van der Waals surface area contributed by atoms with Crippen molar-refractivity contribution in [3.05, 3.63) is 23.8 Å². The summed E-state index contributed by atoms with van der Waals surface area (Å²) >= 11 is 0. The Balaban J connectivity index is 2.34. The topological polar surface area (TPSA) is 72.2 Å². The van der Waals surface area contributed by atoms with Crippen LogP contribution in [0.4, 0.5) is 14.5 Å². The lowest BCUT2D eigenvalue weighted by molar-refractivity contribution is 0.463. The molecule has 0 radical (unpaired) electrons. The number of halogens is 2. The quantitative estimate of drug-likeness (QED) is 0.836. The minimum Gasteiger partial charge on any atom is -0.399 e. The Morgan fingerprint density at radius 3 is 2.58 bits per heavy atom. The molecule has 1 aromatic carbocycles. The number of benzene rings is 1. The van der Waals surface area contributed by atoms with Gasteiger partial charge in [-0.05, 0) is 30.9 Å². The first-order chi connectivity index (χ1) is 8.81. The molecule has 1 aliphatic carbocycles. The molecule has 0 saturated heterocycles. The van der Waals surface area contributed by atoms with Crippen LogP contribution in [0.15, 0.2) is 17.0 Å². The van der Waals surface area contributed by atoms with Crippen molar-refractivity contribution in [1.29, 1.82) is 0 Å². The Kier molecular flexibility index (Phi) is 3.78. The zero-order valence-corrected chi connectivity index (χ0v) is 11.3. The molecule has 3 N–H and O–H groups in total. The summed E-state index contributed by atoms with van der Waals surface area (Å²) in [5.74, 6) is -2.48. The summed E-state index contributed by atoms with van der Waals surface area (Å²) < 4.78 is 53.4.